The van der Waals surface area contributed by atoms with Crippen molar-refractivity contribution in [1.29, 1.82) is 0 Å². The Hall–Kier alpha value is -3.22. The average Bonchev–Trinajstić information content (AvgIpc) is 3.11. The monoisotopic (exact) mass is 383 g/mol. The third-order valence-corrected chi connectivity index (χ3v) is 4.75. The molecule has 1 heterocycles. The number of ether oxygens (including phenoxy) is 2. The van der Waals surface area contributed by atoms with Crippen molar-refractivity contribution in [1.82, 2.24) is 10.6 Å². The molecule has 0 bridgehead atoms. The Morgan fingerprint density at radius 2 is 1.61 bits per heavy atom. The maximum atomic E-state index is 12.3. The molecular formula is C21H25N3O4. The fourth-order valence-corrected chi connectivity index (χ4v) is 3.16. The maximum absolute atomic E-state index is 12.3. The Bertz CT molecular complexity index is 805. The second kappa shape index (κ2) is 9.12. The van der Waals surface area contributed by atoms with Crippen molar-refractivity contribution in [3.63, 3.8) is 0 Å². The Morgan fingerprint density at radius 1 is 1.00 bits per heavy atom. The van der Waals surface area contributed by atoms with Crippen molar-refractivity contribution in [2.24, 2.45) is 5.92 Å². The van der Waals surface area contributed by atoms with E-state index >= 15 is 0 Å². The van der Waals surface area contributed by atoms with Gasteiger partial charge in [-0.15, -0.1) is 0 Å². The number of nitrogens with zero attached hydrogens (tertiary/aromatic N) is 1. The molecule has 3 amide bonds. The number of rotatable bonds is 7. The van der Waals surface area contributed by atoms with Crippen LogP contribution in [0.15, 0.2) is 48.5 Å². The molecule has 0 spiro atoms. The van der Waals surface area contributed by atoms with E-state index in [1.165, 1.54) is 0 Å². The lowest BCUT2D eigenvalue weighted by atomic mass is 10.1. The summed E-state index contributed by atoms with van der Waals surface area (Å²) in [4.78, 5) is 26.1. The van der Waals surface area contributed by atoms with E-state index in [1.807, 2.05) is 48.5 Å². The van der Waals surface area contributed by atoms with Gasteiger partial charge >= 0.3 is 6.03 Å². The highest BCUT2D eigenvalue weighted by atomic mass is 16.5. The molecule has 1 aliphatic rings. The van der Waals surface area contributed by atoms with Crippen molar-refractivity contribution < 1.29 is 19.1 Å². The van der Waals surface area contributed by atoms with Gasteiger partial charge in [0, 0.05) is 37.7 Å². The molecule has 1 saturated heterocycles. The van der Waals surface area contributed by atoms with Crippen LogP contribution in [0.5, 0.6) is 11.5 Å². The van der Waals surface area contributed by atoms with Crippen LogP contribution in [0.3, 0.4) is 0 Å². The Kier molecular flexibility index (Phi) is 6.37. The summed E-state index contributed by atoms with van der Waals surface area (Å²) in [5.41, 5.74) is 1.83. The predicted molar refractivity (Wildman–Crippen MR) is 107 cm³/mol. The normalized spacial score (nSPS) is 16.0. The van der Waals surface area contributed by atoms with Gasteiger partial charge in [-0.3, -0.25) is 4.79 Å². The largest absolute Gasteiger partial charge is 0.497 e. The number of amides is 3. The SMILES string of the molecule is COc1ccc(CNC(=O)NC[C@@H]2CC(=O)N(c3ccc(OC)cc3)C2)cc1. The van der Waals surface area contributed by atoms with Gasteiger partial charge in [-0.2, -0.15) is 0 Å². The second-order valence-corrected chi connectivity index (χ2v) is 6.68. The average molecular weight is 383 g/mol. The lowest BCUT2D eigenvalue weighted by Gasteiger charge is -2.17. The van der Waals surface area contributed by atoms with E-state index in [0.29, 0.717) is 26.1 Å². The first kappa shape index (κ1) is 19.5. The molecule has 2 aromatic carbocycles. The summed E-state index contributed by atoms with van der Waals surface area (Å²) >= 11 is 0. The van der Waals surface area contributed by atoms with Crippen LogP contribution in [0, 0.1) is 5.92 Å². The molecule has 3 rings (SSSR count). The fourth-order valence-electron chi connectivity index (χ4n) is 3.16. The number of anilines is 1. The van der Waals surface area contributed by atoms with Crippen LogP contribution in [0.1, 0.15) is 12.0 Å². The molecule has 148 valence electrons. The van der Waals surface area contributed by atoms with Crippen LogP contribution in [-0.4, -0.2) is 39.2 Å². The molecule has 1 aliphatic heterocycles. The maximum Gasteiger partial charge on any atom is 0.315 e. The van der Waals surface area contributed by atoms with Crippen molar-refractivity contribution in [3.8, 4) is 11.5 Å². The van der Waals surface area contributed by atoms with E-state index in [0.717, 1.165) is 22.7 Å². The highest BCUT2D eigenvalue weighted by Crippen LogP contribution is 2.26. The van der Waals surface area contributed by atoms with Crippen LogP contribution in [0.25, 0.3) is 0 Å². The minimum atomic E-state index is -0.244. The fraction of sp³-hybridized carbons (Fsp3) is 0.333. The zero-order valence-corrected chi connectivity index (χ0v) is 16.1. The minimum absolute atomic E-state index is 0.0654. The molecule has 1 atom stereocenters. The van der Waals surface area contributed by atoms with Crippen LogP contribution < -0.4 is 25.0 Å². The smallest absolute Gasteiger partial charge is 0.315 e. The van der Waals surface area contributed by atoms with Gasteiger partial charge in [-0.1, -0.05) is 12.1 Å². The lowest BCUT2D eigenvalue weighted by Crippen LogP contribution is -2.38. The standard InChI is InChI=1S/C21H25N3O4/c1-27-18-7-3-15(4-8-18)12-22-21(26)23-13-16-11-20(25)24(14-16)17-5-9-19(28-2)10-6-17/h3-10,16H,11-14H2,1-2H3,(H2,22,23,26)/t16-/m0/s1. The number of carbonyl (C=O) groups is 2. The summed E-state index contributed by atoms with van der Waals surface area (Å²) in [6, 6.07) is 14.7. The van der Waals surface area contributed by atoms with E-state index in [1.54, 1.807) is 19.1 Å². The Labute approximate surface area is 164 Å². The number of hydrogen-bond donors (Lipinski definition) is 2. The van der Waals surface area contributed by atoms with E-state index in [-0.39, 0.29) is 17.9 Å². The summed E-state index contributed by atoms with van der Waals surface area (Å²) in [5, 5.41) is 5.68. The quantitative estimate of drug-likeness (QED) is 0.770. The van der Waals surface area contributed by atoms with Crippen molar-refractivity contribution >= 4 is 17.6 Å². The zero-order chi connectivity index (χ0) is 19.9. The van der Waals surface area contributed by atoms with E-state index in [9.17, 15) is 9.59 Å². The molecule has 28 heavy (non-hydrogen) atoms. The van der Waals surface area contributed by atoms with Crippen LogP contribution >= 0.6 is 0 Å². The van der Waals surface area contributed by atoms with Crippen LogP contribution in [0.4, 0.5) is 10.5 Å². The summed E-state index contributed by atoms with van der Waals surface area (Å²) in [5.74, 6) is 1.68. The molecule has 0 unspecified atom stereocenters. The topological polar surface area (TPSA) is 79.9 Å². The molecule has 7 heteroatoms. The summed E-state index contributed by atoms with van der Waals surface area (Å²) in [7, 11) is 3.22. The molecule has 0 radical (unpaired) electrons. The first-order valence-electron chi connectivity index (χ1n) is 9.18. The molecular weight excluding hydrogens is 358 g/mol. The van der Waals surface area contributed by atoms with Gasteiger partial charge in [-0.25, -0.2) is 4.79 Å². The van der Waals surface area contributed by atoms with Crippen molar-refractivity contribution in [3.05, 3.63) is 54.1 Å². The number of nitrogens with one attached hydrogen (secondary N) is 2. The zero-order valence-electron chi connectivity index (χ0n) is 16.1. The van der Waals surface area contributed by atoms with Gasteiger partial charge in [0.2, 0.25) is 5.91 Å². The number of methoxy groups -OCH3 is 2. The van der Waals surface area contributed by atoms with E-state index < -0.39 is 0 Å². The summed E-state index contributed by atoms with van der Waals surface area (Å²) < 4.78 is 10.3. The van der Waals surface area contributed by atoms with Crippen LogP contribution in [0.2, 0.25) is 0 Å². The van der Waals surface area contributed by atoms with Gasteiger partial charge in [0.25, 0.3) is 0 Å². The number of urea groups is 1. The molecule has 7 nitrogen and oxygen atoms in total. The molecule has 2 aromatic rings. The molecule has 1 fully saturated rings. The summed E-state index contributed by atoms with van der Waals surface area (Å²) in [6.45, 7) is 1.47. The molecule has 0 saturated carbocycles. The Balaban J connectivity index is 1.44. The first-order chi connectivity index (χ1) is 13.6. The minimum Gasteiger partial charge on any atom is -0.497 e. The number of carbonyl (C=O) groups excluding carboxylic acids is 2. The van der Waals surface area contributed by atoms with E-state index in [2.05, 4.69) is 10.6 Å². The lowest BCUT2D eigenvalue weighted by molar-refractivity contribution is -0.117. The van der Waals surface area contributed by atoms with Crippen molar-refractivity contribution in [2.75, 3.05) is 32.2 Å². The van der Waals surface area contributed by atoms with E-state index in [4.69, 9.17) is 9.47 Å². The number of benzene rings is 2. The van der Waals surface area contributed by atoms with Gasteiger partial charge in [-0.05, 0) is 42.0 Å². The second-order valence-electron chi connectivity index (χ2n) is 6.68. The number of hydrogen-bond acceptors (Lipinski definition) is 4. The predicted octanol–water partition coefficient (Wildman–Crippen LogP) is 2.56. The summed E-state index contributed by atoms with van der Waals surface area (Å²) in [6.07, 6.45) is 0.421. The third kappa shape index (κ3) is 4.94. The highest BCUT2D eigenvalue weighted by molar-refractivity contribution is 5.95. The van der Waals surface area contributed by atoms with Crippen molar-refractivity contribution in [2.45, 2.75) is 13.0 Å². The van der Waals surface area contributed by atoms with Gasteiger partial charge in [0.1, 0.15) is 11.5 Å². The highest BCUT2D eigenvalue weighted by Gasteiger charge is 2.30. The van der Waals surface area contributed by atoms with Crippen LogP contribution in [-0.2, 0) is 11.3 Å². The van der Waals surface area contributed by atoms with Gasteiger partial charge < -0.3 is 25.0 Å². The molecule has 2 N–H and O–H groups in total. The first-order valence-corrected chi connectivity index (χ1v) is 9.18. The molecule has 0 aromatic heterocycles. The Morgan fingerprint density at radius 3 is 2.21 bits per heavy atom. The molecule has 0 aliphatic carbocycles. The van der Waals surface area contributed by atoms with Gasteiger partial charge in [0.15, 0.2) is 0 Å². The third-order valence-electron chi connectivity index (χ3n) is 4.75. The van der Waals surface area contributed by atoms with Gasteiger partial charge in [0.05, 0.1) is 14.2 Å².